The largest absolute Gasteiger partial charge is 0.483 e. The van der Waals surface area contributed by atoms with Gasteiger partial charge in [0.05, 0.1) is 0 Å². The van der Waals surface area contributed by atoms with Crippen LogP contribution >= 0.6 is 0 Å². The van der Waals surface area contributed by atoms with Crippen LogP contribution < -0.4 is 10.1 Å². The summed E-state index contributed by atoms with van der Waals surface area (Å²) in [6.07, 6.45) is 2.97. The third-order valence-corrected chi connectivity index (χ3v) is 5.62. The van der Waals surface area contributed by atoms with Crippen molar-refractivity contribution < 1.29 is 14.3 Å². The second-order valence-corrected chi connectivity index (χ2v) is 8.33. The lowest BCUT2D eigenvalue weighted by atomic mass is 9.96. The average molecular weight is 410 g/mol. The molecule has 6 heteroatoms. The van der Waals surface area contributed by atoms with Crippen LogP contribution in [0.25, 0.3) is 0 Å². The van der Waals surface area contributed by atoms with Crippen molar-refractivity contribution in [2.45, 2.75) is 46.5 Å². The van der Waals surface area contributed by atoms with Crippen molar-refractivity contribution in [2.75, 3.05) is 25.0 Å². The lowest BCUT2D eigenvalue weighted by Crippen LogP contribution is -2.43. The molecule has 2 heterocycles. The van der Waals surface area contributed by atoms with Crippen LogP contribution in [0.4, 0.5) is 5.82 Å². The minimum Gasteiger partial charge on any atom is -0.483 e. The summed E-state index contributed by atoms with van der Waals surface area (Å²) in [7, 11) is 0. The Morgan fingerprint density at radius 1 is 1.17 bits per heavy atom. The first kappa shape index (κ1) is 21.8. The Kier molecular flexibility index (Phi) is 7.08. The second kappa shape index (κ2) is 9.74. The number of piperidine rings is 1. The van der Waals surface area contributed by atoms with Crippen molar-refractivity contribution in [3.05, 3.63) is 53.2 Å². The summed E-state index contributed by atoms with van der Waals surface area (Å²) >= 11 is 0. The SMILES string of the molecule is Cc1ccnc(NC(=O)C2CCN(C(=O)COc3cc(C(C)C)ccc3C)CC2)c1. The molecule has 3 rings (SSSR count). The number of benzene rings is 1. The summed E-state index contributed by atoms with van der Waals surface area (Å²) in [6, 6.07) is 9.88. The van der Waals surface area contributed by atoms with E-state index in [9.17, 15) is 9.59 Å². The highest BCUT2D eigenvalue weighted by atomic mass is 16.5. The van der Waals surface area contributed by atoms with Gasteiger partial charge in [-0.15, -0.1) is 0 Å². The number of amides is 2. The van der Waals surface area contributed by atoms with Gasteiger partial charge in [-0.05, 0) is 67.5 Å². The van der Waals surface area contributed by atoms with E-state index in [0.717, 1.165) is 16.9 Å². The fourth-order valence-corrected chi connectivity index (χ4v) is 3.59. The van der Waals surface area contributed by atoms with Gasteiger partial charge in [0, 0.05) is 25.2 Å². The highest BCUT2D eigenvalue weighted by Crippen LogP contribution is 2.25. The zero-order valence-electron chi connectivity index (χ0n) is 18.3. The normalized spacial score (nSPS) is 14.6. The monoisotopic (exact) mass is 409 g/mol. The van der Waals surface area contributed by atoms with Crippen molar-refractivity contribution >= 4 is 17.6 Å². The molecule has 0 bridgehead atoms. The molecule has 1 aliphatic rings. The number of anilines is 1. The van der Waals surface area contributed by atoms with Gasteiger partial charge in [-0.25, -0.2) is 4.98 Å². The summed E-state index contributed by atoms with van der Waals surface area (Å²) in [5.41, 5.74) is 3.26. The van der Waals surface area contributed by atoms with E-state index >= 15 is 0 Å². The van der Waals surface area contributed by atoms with Crippen molar-refractivity contribution in [3.63, 3.8) is 0 Å². The Morgan fingerprint density at radius 3 is 2.57 bits per heavy atom. The summed E-state index contributed by atoms with van der Waals surface area (Å²) in [4.78, 5) is 31.1. The molecule has 0 atom stereocenters. The van der Waals surface area contributed by atoms with E-state index in [0.29, 0.717) is 37.7 Å². The Bertz CT molecular complexity index is 902. The first-order valence-electron chi connectivity index (χ1n) is 10.6. The van der Waals surface area contributed by atoms with E-state index in [1.807, 2.05) is 38.1 Å². The van der Waals surface area contributed by atoms with Gasteiger partial charge in [-0.1, -0.05) is 26.0 Å². The maximum atomic E-state index is 12.6. The van der Waals surface area contributed by atoms with Gasteiger partial charge in [0.2, 0.25) is 5.91 Å². The summed E-state index contributed by atoms with van der Waals surface area (Å²) in [5.74, 6) is 1.56. The number of carbonyl (C=O) groups excluding carboxylic acids is 2. The number of likely N-dealkylation sites (tertiary alicyclic amines) is 1. The lowest BCUT2D eigenvalue weighted by Gasteiger charge is -2.31. The number of rotatable bonds is 6. The molecule has 2 amide bonds. The summed E-state index contributed by atoms with van der Waals surface area (Å²) < 4.78 is 5.83. The van der Waals surface area contributed by atoms with Gasteiger partial charge in [0.15, 0.2) is 6.61 Å². The molecule has 0 unspecified atom stereocenters. The molecule has 2 aromatic rings. The third-order valence-electron chi connectivity index (χ3n) is 5.62. The summed E-state index contributed by atoms with van der Waals surface area (Å²) in [6.45, 7) is 9.36. The lowest BCUT2D eigenvalue weighted by molar-refractivity contribution is -0.136. The molecule has 1 fully saturated rings. The average Bonchev–Trinajstić information content (AvgIpc) is 2.73. The molecule has 1 aromatic heterocycles. The van der Waals surface area contributed by atoms with Crippen molar-refractivity contribution in [3.8, 4) is 5.75 Å². The minimum atomic E-state index is -0.109. The van der Waals surface area contributed by atoms with Crippen molar-refractivity contribution in [2.24, 2.45) is 5.92 Å². The predicted molar refractivity (Wildman–Crippen MR) is 118 cm³/mol. The number of carbonyl (C=O) groups is 2. The smallest absolute Gasteiger partial charge is 0.260 e. The molecule has 6 nitrogen and oxygen atoms in total. The number of pyridine rings is 1. The minimum absolute atomic E-state index is 0.0203. The number of aryl methyl sites for hydroxylation is 2. The topological polar surface area (TPSA) is 71.5 Å². The molecule has 0 aliphatic carbocycles. The summed E-state index contributed by atoms with van der Waals surface area (Å²) in [5, 5.41) is 2.89. The molecular weight excluding hydrogens is 378 g/mol. The maximum Gasteiger partial charge on any atom is 0.260 e. The number of nitrogens with zero attached hydrogens (tertiary/aromatic N) is 2. The molecule has 30 heavy (non-hydrogen) atoms. The van der Waals surface area contributed by atoms with E-state index in [1.54, 1.807) is 11.1 Å². The zero-order chi connectivity index (χ0) is 21.7. The molecule has 0 saturated carbocycles. The predicted octanol–water partition coefficient (Wildman–Crippen LogP) is 4.08. The maximum absolute atomic E-state index is 12.6. The number of hydrogen-bond donors (Lipinski definition) is 1. The van der Waals surface area contributed by atoms with Gasteiger partial charge < -0.3 is 15.0 Å². The van der Waals surface area contributed by atoms with Gasteiger partial charge in [-0.2, -0.15) is 0 Å². The van der Waals surface area contributed by atoms with Gasteiger partial charge >= 0.3 is 0 Å². The van der Waals surface area contributed by atoms with Crippen LogP contribution in [0.3, 0.4) is 0 Å². The number of aromatic nitrogens is 1. The third kappa shape index (κ3) is 5.59. The highest BCUT2D eigenvalue weighted by molar-refractivity contribution is 5.92. The van der Waals surface area contributed by atoms with Crippen LogP contribution in [-0.4, -0.2) is 41.4 Å². The van der Waals surface area contributed by atoms with E-state index in [1.165, 1.54) is 5.56 Å². The van der Waals surface area contributed by atoms with E-state index in [4.69, 9.17) is 4.74 Å². The van der Waals surface area contributed by atoms with E-state index in [2.05, 4.69) is 30.2 Å². The van der Waals surface area contributed by atoms with E-state index in [-0.39, 0.29) is 24.3 Å². The molecule has 1 aliphatic heterocycles. The van der Waals surface area contributed by atoms with Crippen LogP contribution in [0.2, 0.25) is 0 Å². The molecule has 1 aromatic carbocycles. The van der Waals surface area contributed by atoms with Gasteiger partial charge in [-0.3, -0.25) is 9.59 Å². The number of nitrogens with one attached hydrogen (secondary N) is 1. The number of hydrogen-bond acceptors (Lipinski definition) is 4. The Labute approximate surface area is 178 Å². The van der Waals surface area contributed by atoms with Gasteiger partial charge in [0.25, 0.3) is 5.91 Å². The Hall–Kier alpha value is -2.89. The zero-order valence-corrected chi connectivity index (χ0v) is 18.3. The molecule has 160 valence electrons. The van der Waals surface area contributed by atoms with Crippen molar-refractivity contribution in [1.29, 1.82) is 0 Å². The van der Waals surface area contributed by atoms with Crippen LogP contribution in [0, 0.1) is 19.8 Å². The van der Waals surface area contributed by atoms with Crippen LogP contribution in [0.1, 0.15) is 49.3 Å². The fourth-order valence-electron chi connectivity index (χ4n) is 3.59. The first-order chi connectivity index (χ1) is 14.3. The Balaban J connectivity index is 1.48. The molecule has 0 radical (unpaired) electrons. The first-order valence-corrected chi connectivity index (χ1v) is 10.6. The van der Waals surface area contributed by atoms with Gasteiger partial charge in [0.1, 0.15) is 11.6 Å². The standard InChI is InChI=1S/C24H31N3O3/c1-16(2)20-6-5-18(4)21(14-20)30-15-23(28)27-11-8-19(9-12-27)24(29)26-22-13-17(3)7-10-25-22/h5-7,10,13-14,16,19H,8-9,11-12,15H2,1-4H3,(H,25,26,29). The van der Waals surface area contributed by atoms with Crippen molar-refractivity contribution in [1.82, 2.24) is 9.88 Å². The molecule has 1 N–H and O–H groups in total. The molecule has 1 saturated heterocycles. The quantitative estimate of drug-likeness (QED) is 0.780. The Morgan fingerprint density at radius 2 is 1.90 bits per heavy atom. The molecular formula is C24H31N3O3. The fraction of sp³-hybridized carbons (Fsp3) is 0.458. The van der Waals surface area contributed by atoms with Crippen LogP contribution in [0.5, 0.6) is 5.75 Å². The number of ether oxygens (including phenoxy) is 1. The van der Waals surface area contributed by atoms with Crippen LogP contribution in [0.15, 0.2) is 36.5 Å². The molecule has 0 spiro atoms. The highest BCUT2D eigenvalue weighted by Gasteiger charge is 2.27. The van der Waals surface area contributed by atoms with Crippen LogP contribution in [-0.2, 0) is 9.59 Å². The van der Waals surface area contributed by atoms with E-state index < -0.39 is 0 Å². The second-order valence-electron chi connectivity index (χ2n) is 8.33.